The fourth-order valence-corrected chi connectivity index (χ4v) is 8.42. The first-order chi connectivity index (χ1) is 22.3. The van der Waals surface area contributed by atoms with Crippen LogP contribution in [-0.2, 0) is 0 Å². The Bertz CT molecular complexity index is 2630. The largest absolute Gasteiger partial charge is 0.306 e. The van der Waals surface area contributed by atoms with E-state index in [4.69, 9.17) is 0 Å². The van der Waals surface area contributed by atoms with Gasteiger partial charge in [0.1, 0.15) is 0 Å². The van der Waals surface area contributed by atoms with Crippen LogP contribution in [0.5, 0.6) is 0 Å². The lowest BCUT2D eigenvalue weighted by molar-refractivity contribution is 1.20. The van der Waals surface area contributed by atoms with Crippen LogP contribution in [0.3, 0.4) is 0 Å². The Morgan fingerprint density at radius 2 is 0.867 bits per heavy atom. The van der Waals surface area contributed by atoms with E-state index in [2.05, 4.69) is 168 Å². The number of rotatable bonds is 2. The van der Waals surface area contributed by atoms with E-state index in [9.17, 15) is 0 Å². The third-order valence-corrected chi connectivity index (χ3v) is 10.5. The highest BCUT2D eigenvalue weighted by molar-refractivity contribution is 7.25. The molecule has 0 N–H and O–H groups in total. The molecule has 0 saturated heterocycles. The summed E-state index contributed by atoms with van der Waals surface area (Å²) in [5.41, 5.74) is 7.08. The van der Waals surface area contributed by atoms with Gasteiger partial charge in [-0.2, -0.15) is 0 Å². The maximum atomic E-state index is 2.51. The minimum Gasteiger partial charge on any atom is -0.306 e. The van der Waals surface area contributed by atoms with Gasteiger partial charge in [0.2, 0.25) is 0 Å². The van der Waals surface area contributed by atoms with Gasteiger partial charge in [0.05, 0.1) is 28.4 Å². The molecule has 0 saturated carbocycles. The fraction of sp³-hybridized carbons (Fsp3) is 0. The Kier molecular flexibility index (Phi) is 5.19. The summed E-state index contributed by atoms with van der Waals surface area (Å²) in [6.45, 7) is 0. The zero-order valence-corrected chi connectivity index (χ0v) is 25.1. The molecule has 0 aliphatic carbocycles. The Morgan fingerprint density at radius 3 is 1.60 bits per heavy atom. The second kappa shape index (κ2) is 9.43. The van der Waals surface area contributed by atoms with Crippen molar-refractivity contribution in [2.75, 3.05) is 9.80 Å². The molecule has 0 atom stereocenters. The number of fused-ring (bicyclic) bond motifs is 10. The van der Waals surface area contributed by atoms with Crippen LogP contribution in [0.4, 0.5) is 34.1 Å². The topological polar surface area (TPSA) is 6.48 Å². The molecular formula is C42H26N2S. The van der Waals surface area contributed by atoms with Crippen LogP contribution < -0.4 is 9.80 Å². The van der Waals surface area contributed by atoms with Crippen molar-refractivity contribution in [2.24, 2.45) is 0 Å². The zero-order valence-electron chi connectivity index (χ0n) is 24.3. The Hall–Kier alpha value is -5.64. The zero-order chi connectivity index (χ0) is 29.5. The van der Waals surface area contributed by atoms with Crippen molar-refractivity contribution in [3.05, 3.63) is 158 Å². The highest BCUT2D eigenvalue weighted by atomic mass is 32.1. The predicted octanol–water partition coefficient (Wildman–Crippen LogP) is 12.8. The van der Waals surface area contributed by atoms with E-state index in [1.807, 2.05) is 11.3 Å². The molecule has 3 heteroatoms. The molecule has 0 amide bonds. The van der Waals surface area contributed by atoms with Crippen molar-refractivity contribution in [1.29, 1.82) is 0 Å². The van der Waals surface area contributed by atoms with Crippen molar-refractivity contribution in [3.63, 3.8) is 0 Å². The highest BCUT2D eigenvalue weighted by Crippen LogP contribution is 2.59. The summed E-state index contributed by atoms with van der Waals surface area (Å²) in [5.74, 6) is 0. The lowest BCUT2D eigenvalue weighted by Gasteiger charge is -2.42. The first-order valence-corrected chi connectivity index (χ1v) is 16.2. The number of thiophene rings is 1. The van der Waals surface area contributed by atoms with Crippen molar-refractivity contribution >= 4 is 98.0 Å². The monoisotopic (exact) mass is 590 g/mol. The standard InChI is InChI=1S/C42H26N2S/c1-4-14-31-27(10-1)13-9-18-36(31)44-38-24-21-28-11-2-5-15-32(28)41(38)43(37-23-20-29-12-3-6-16-33(29)42(37)44)30-22-25-40-35(26-30)34-17-7-8-19-39(34)45-40/h1-26H. The van der Waals surface area contributed by atoms with Crippen LogP contribution in [0.1, 0.15) is 0 Å². The van der Waals surface area contributed by atoms with Crippen molar-refractivity contribution in [3.8, 4) is 0 Å². The van der Waals surface area contributed by atoms with Crippen LogP contribution in [0, 0.1) is 0 Å². The first-order valence-electron chi connectivity index (χ1n) is 15.4. The summed E-state index contributed by atoms with van der Waals surface area (Å²) in [6, 6.07) is 57.9. The number of hydrogen-bond donors (Lipinski definition) is 0. The number of nitrogens with zero attached hydrogens (tertiary/aromatic N) is 2. The molecule has 0 fully saturated rings. The van der Waals surface area contributed by atoms with Crippen LogP contribution >= 0.6 is 11.3 Å². The van der Waals surface area contributed by atoms with Gasteiger partial charge >= 0.3 is 0 Å². The molecule has 10 rings (SSSR count). The van der Waals surface area contributed by atoms with Crippen molar-refractivity contribution < 1.29 is 0 Å². The minimum absolute atomic E-state index is 1.16. The molecule has 0 bridgehead atoms. The molecule has 45 heavy (non-hydrogen) atoms. The molecule has 0 radical (unpaired) electrons. The molecule has 0 unspecified atom stereocenters. The summed E-state index contributed by atoms with van der Waals surface area (Å²) >= 11 is 1.86. The summed E-state index contributed by atoms with van der Waals surface area (Å²) in [5, 5.41) is 9.99. The molecule has 1 aliphatic rings. The van der Waals surface area contributed by atoms with Gasteiger partial charge in [0.25, 0.3) is 0 Å². The quantitative estimate of drug-likeness (QED) is 0.198. The summed E-state index contributed by atoms with van der Waals surface area (Å²) in [7, 11) is 0. The van der Waals surface area contributed by atoms with E-state index in [1.54, 1.807) is 0 Å². The van der Waals surface area contributed by atoms with Crippen molar-refractivity contribution in [2.45, 2.75) is 0 Å². The Balaban J connectivity index is 1.36. The highest BCUT2D eigenvalue weighted by Gasteiger charge is 2.34. The van der Waals surface area contributed by atoms with Crippen molar-refractivity contribution in [1.82, 2.24) is 0 Å². The van der Waals surface area contributed by atoms with E-state index in [0.29, 0.717) is 0 Å². The molecule has 2 nitrogen and oxygen atoms in total. The fourth-order valence-electron chi connectivity index (χ4n) is 7.33. The normalized spacial score (nSPS) is 12.8. The van der Waals surface area contributed by atoms with Gasteiger partial charge in [0, 0.05) is 42.0 Å². The van der Waals surface area contributed by atoms with E-state index in [-0.39, 0.29) is 0 Å². The average molecular weight is 591 g/mol. The summed E-state index contributed by atoms with van der Waals surface area (Å²) < 4.78 is 2.63. The second-order valence-electron chi connectivity index (χ2n) is 11.8. The lowest BCUT2D eigenvalue weighted by Crippen LogP contribution is -2.24. The average Bonchev–Trinajstić information content (AvgIpc) is 3.48. The maximum absolute atomic E-state index is 2.51. The maximum Gasteiger partial charge on any atom is 0.0782 e. The van der Waals surface area contributed by atoms with Gasteiger partial charge in [-0.25, -0.2) is 0 Å². The van der Waals surface area contributed by atoms with Gasteiger partial charge in [-0.1, -0.05) is 115 Å². The number of anilines is 6. The summed E-state index contributed by atoms with van der Waals surface area (Å²) in [4.78, 5) is 5.02. The molecule has 210 valence electrons. The molecule has 9 aromatic rings. The predicted molar refractivity (Wildman–Crippen MR) is 195 cm³/mol. The van der Waals surface area contributed by atoms with Gasteiger partial charge in [-0.05, 0) is 58.6 Å². The Labute approximate surface area is 264 Å². The smallest absolute Gasteiger partial charge is 0.0782 e. The van der Waals surface area contributed by atoms with Gasteiger partial charge in [-0.15, -0.1) is 11.3 Å². The minimum atomic E-state index is 1.16. The summed E-state index contributed by atoms with van der Waals surface area (Å²) in [6.07, 6.45) is 0. The Morgan fingerprint density at radius 1 is 0.333 bits per heavy atom. The molecule has 8 aromatic carbocycles. The molecule has 0 spiro atoms. The van der Waals surface area contributed by atoms with E-state index in [0.717, 1.165) is 5.69 Å². The van der Waals surface area contributed by atoms with Gasteiger partial charge < -0.3 is 9.80 Å². The second-order valence-corrected chi connectivity index (χ2v) is 12.8. The van der Waals surface area contributed by atoms with E-state index >= 15 is 0 Å². The molecule has 1 aromatic heterocycles. The lowest BCUT2D eigenvalue weighted by atomic mass is 9.95. The van der Waals surface area contributed by atoms with Crippen LogP contribution in [-0.4, -0.2) is 0 Å². The molecular weight excluding hydrogens is 565 g/mol. The third kappa shape index (κ3) is 3.56. The van der Waals surface area contributed by atoms with E-state index < -0.39 is 0 Å². The van der Waals surface area contributed by atoms with Crippen LogP contribution in [0.15, 0.2) is 158 Å². The molecule has 1 aliphatic heterocycles. The van der Waals surface area contributed by atoms with Crippen LogP contribution in [0.25, 0.3) is 52.5 Å². The van der Waals surface area contributed by atoms with Crippen LogP contribution in [0.2, 0.25) is 0 Å². The van der Waals surface area contributed by atoms with Gasteiger partial charge in [0.15, 0.2) is 0 Å². The first kappa shape index (κ1) is 24.8. The SMILES string of the molecule is c1ccc2c(N3c4ccc5ccccc5c4N(c4ccc5sc6ccccc6c5c4)c4ccc5ccccc5c43)cccc2c1. The van der Waals surface area contributed by atoms with Gasteiger partial charge in [-0.3, -0.25) is 0 Å². The third-order valence-electron chi connectivity index (χ3n) is 9.31. The molecule has 2 heterocycles. The number of benzene rings is 8. The van der Waals surface area contributed by atoms with E-state index in [1.165, 1.54) is 80.9 Å². The number of hydrogen-bond acceptors (Lipinski definition) is 3.